The van der Waals surface area contributed by atoms with Gasteiger partial charge in [0.1, 0.15) is 5.71 Å². The number of nitrogens with one attached hydrogen (secondary N) is 1. The molecule has 0 saturated heterocycles. The number of anilines is 1. The van der Waals surface area contributed by atoms with Crippen molar-refractivity contribution in [3.63, 3.8) is 0 Å². The number of fused-ring (bicyclic) bond motifs is 1. The molecule has 3 nitrogen and oxygen atoms in total. The van der Waals surface area contributed by atoms with E-state index in [0.29, 0.717) is 27.0 Å². The smallest absolute Gasteiger partial charge is 0.275 e. The molecule has 1 aliphatic heterocycles. The fourth-order valence-corrected chi connectivity index (χ4v) is 3.12. The monoisotopic (exact) mass is 382 g/mol. The first kappa shape index (κ1) is 14.6. The molecule has 2 aromatic rings. The SMILES string of the molecule is Cc1ccc(Cl)c2c1NC(=O)C2=Nc1ccc(Br)cc1Cl. The van der Waals surface area contributed by atoms with Crippen molar-refractivity contribution in [3.8, 4) is 0 Å². The van der Waals surface area contributed by atoms with E-state index in [1.54, 1.807) is 18.2 Å². The van der Waals surface area contributed by atoms with Crippen LogP contribution in [0.2, 0.25) is 10.0 Å². The van der Waals surface area contributed by atoms with Crippen molar-refractivity contribution >= 4 is 62.1 Å². The summed E-state index contributed by atoms with van der Waals surface area (Å²) in [6, 6.07) is 8.91. The van der Waals surface area contributed by atoms with Gasteiger partial charge in [-0.15, -0.1) is 0 Å². The van der Waals surface area contributed by atoms with Gasteiger partial charge in [0.2, 0.25) is 0 Å². The normalized spacial score (nSPS) is 15.2. The minimum Gasteiger partial charge on any atom is -0.320 e. The van der Waals surface area contributed by atoms with Gasteiger partial charge in [0.25, 0.3) is 5.91 Å². The Hall–Kier alpha value is -1.36. The highest BCUT2D eigenvalue weighted by atomic mass is 79.9. The highest BCUT2D eigenvalue weighted by Crippen LogP contribution is 2.36. The topological polar surface area (TPSA) is 41.5 Å². The molecule has 0 radical (unpaired) electrons. The number of aliphatic imine (C=N–C) groups is 1. The second-order valence-corrected chi connectivity index (χ2v) is 6.35. The lowest BCUT2D eigenvalue weighted by Crippen LogP contribution is -2.14. The maximum Gasteiger partial charge on any atom is 0.275 e. The van der Waals surface area contributed by atoms with E-state index in [1.807, 2.05) is 19.1 Å². The molecule has 0 fully saturated rings. The minimum absolute atomic E-state index is 0.278. The van der Waals surface area contributed by atoms with E-state index in [0.717, 1.165) is 10.0 Å². The number of carbonyl (C=O) groups excluding carboxylic acids is 1. The molecular weight excluding hydrogens is 375 g/mol. The molecule has 106 valence electrons. The number of rotatable bonds is 1. The summed E-state index contributed by atoms with van der Waals surface area (Å²) in [4.78, 5) is 16.6. The number of aryl methyl sites for hydroxylation is 1. The Balaban J connectivity index is 2.19. The van der Waals surface area contributed by atoms with E-state index < -0.39 is 0 Å². The summed E-state index contributed by atoms with van der Waals surface area (Å²) in [5, 5.41) is 3.75. The average molecular weight is 384 g/mol. The molecule has 0 atom stereocenters. The molecule has 0 spiro atoms. The van der Waals surface area contributed by atoms with Crippen LogP contribution in [0.3, 0.4) is 0 Å². The van der Waals surface area contributed by atoms with Gasteiger partial charge in [-0.2, -0.15) is 0 Å². The number of hydrogen-bond donors (Lipinski definition) is 1. The van der Waals surface area contributed by atoms with Crippen molar-refractivity contribution in [1.82, 2.24) is 0 Å². The highest BCUT2D eigenvalue weighted by Gasteiger charge is 2.29. The summed E-state index contributed by atoms with van der Waals surface area (Å²) in [6.07, 6.45) is 0. The van der Waals surface area contributed by atoms with E-state index in [1.165, 1.54) is 0 Å². The standard InChI is InChI=1S/C15H9BrCl2N2O/c1-7-2-4-9(17)12-13(7)20-15(21)14(12)19-11-5-3-8(16)6-10(11)18/h2-6H,1H3,(H,19,20,21). The Bertz CT molecular complexity index is 803. The van der Waals surface area contributed by atoms with Crippen LogP contribution >= 0.6 is 39.1 Å². The van der Waals surface area contributed by atoms with E-state index in [9.17, 15) is 4.79 Å². The number of benzene rings is 2. The highest BCUT2D eigenvalue weighted by molar-refractivity contribution is 9.10. The predicted molar refractivity (Wildman–Crippen MR) is 90.2 cm³/mol. The third-order valence-corrected chi connectivity index (χ3v) is 4.31. The van der Waals surface area contributed by atoms with Crippen LogP contribution in [0, 0.1) is 6.92 Å². The molecule has 3 rings (SSSR count). The molecule has 1 aliphatic rings. The van der Waals surface area contributed by atoms with Crippen LogP contribution in [0.5, 0.6) is 0 Å². The average Bonchev–Trinajstić information content (AvgIpc) is 2.76. The zero-order chi connectivity index (χ0) is 15.1. The first-order valence-electron chi connectivity index (χ1n) is 6.12. The molecule has 21 heavy (non-hydrogen) atoms. The number of carbonyl (C=O) groups is 1. The van der Waals surface area contributed by atoms with Gasteiger partial charge in [-0.25, -0.2) is 4.99 Å². The summed E-state index contributed by atoms with van der Waals surface area (Å²) >= 11 is 15.7. The summed E-state index contributed by atoms with van der Waals surface area (Å²) in [6.45, 7) is 1.91. The van der Waals surface area contributed by atoms with Gasteiger partial charge in [-0.3, -0.25) is 4.79 Å². The fourth-order valence-electron chi connectivity index (χ4n) is 2.16. The first-order valence-corrected chi connectivity index (χ1v) is 7.67. The maximum absolute atomic E-state index is 12.2. The number of halogens is 3. The quantitative estimate of drug-likeness (QED) is 0.727. The molecule has 0 aromatic heterocycles. The van der Waals surface area contributed by atoms with E-state index in [2.05, 4.69) is 26.2 Å². The van der Waals surface area contributed by atoms with E-state index in [-0.39, 0.29) is 11.6 Å². The molecular formula is C15H9BrCl2N2O. The van der Waals surface area contributed by atoms with Crippen molar-refractivity contribution in [3.05, 3.63) is 56.0 Å². The van der Waals surface area contributed by atoms with Crippen molar-refractivity contribution < 1.29 is 4.79 Å². The molecule has 0 aliphatic carbocycles. The van der Waals surface area contributed by atoms with Gasteiger partial charge in [-0.1, -0.05) is 45.2 Å². The zero-order valence-corrected chi connectivity index (χ0v) is 14.0. The third-order valence-electron chi connectivity index (χ3n) is 3.20. The summed E-state index contributed by atoms with van der Waals surface area (Å²) in [5.41, 5.74) is 3.08. The molecule has 1 N–H and O–H groups in total. The summed E-state index contributed by atoms with van der Waals surface area (Å²) in [7, 11) is 0. The van der Waals surface area contributed by atoms with Crippen LogP contribution in [0.4, 0.5) is 11.4 Å². The number of hydrogen-bond acceptors (Lipinski definition) is 2. The summed E-state index contributed by atoms with van der Waals surface area (Å²) < 4.78 is 0.849. The molecule has 6 heteroatoms. The predicted octanol–water partition coefficient (Wildman–Crippen LogP) is 5.14. The lowest BCUT2D eigenvalue weighted by Gasteiger charge is -2.05. The number of nitrogens with zero attached hydrogens (tertiary/aromatic N) is 1. The Morgan fingerprint density at radius 2 is 1.90 bits per heavy atom. The largest absolute Gasteiger partial charge is 0.320 e. The van der Waals surface area contributed by atoms with Gasteiger partial charge in [0, 0.05) is 10.0 Å². The van der Waals surface area contributed by atoms with Crippen LogP contribution in [0.1, 0.15) is 11.1 Å². The molecule has 2 aromatic carbocycles. The van der Waals surface area contributed by atoms with Crippen molar-refractivity contribution in [2.75, 3.05) is 5.32 Å². The van der Waals surface area contributed by atoms with Gasteiger partial charge in [0.15, 0.2) is 0 Å². The van der Waals surface area contributed by atoms with Crippen LogP contribution in [0.15, 0.2) is 39.8 Å². The molecule has 1 amide bonds. The minimum atomic E-state index is -0.278. The lowest BCUT2D eigenvalue weighted by atomic mass is 10.1. The Kier molecular flexibility index (Phi) is 3.78. The van der Waals surface area contributed by atoms with Gasteiger partial charge in [-0.05, 0) is 36.8 Å². The fraction of sp³-hybridized carbons (Fsp3) is 0.0667. The molecule has 1 heterocycles. The van der Waals surface area contributed by atoms with E-state index >= 15 is 0 Å². The van der Waals surface area contributed by atoms with Crippen molar-refractivity contribution in [2.45, 2.75) is 6.92 Å². The Morgan fingerprint density at radius 1 is 1.14 bits per heavy atom. The van der Waals surface area contributed by atoms with Crippen molar-refractivity contribution in [1.29, 1.82) is 0 Å². The van der Waals surface area contributed by atoms with E-state index in [4.69, 9.17) is 23.2 Å². The van der Waals surface area contributed by atoms with Gasteiger partial charge < -0.3 is 5.32 Å². The number of amides is 1. The summed E-state index contributed by atoms with van der Waals surface area (Å²) in [5.74, 6) is -0.278. The van der Waals surface area contributed by atoms with Gasteiger partial charge in [0.05, 0.1) is 21.4 Å². The molecule has 0 saturated carbocycles. The third kappa shape index (κ3) is 2.59. The Morgan fingerprint density at radius 3 is 2.62 bits per heavy atom. The van der Waals surface area contributed by atoms with Crippen molar-refractivity contribution in [2.24, 2.45) is 4.99 Å². The van der Waals surface area contributed by atoms with Crippen LogP contribution in [-0.2, 0) is 4.79 Å². The Labute approximate surface area is 140 Å². The second-order valence-electron chi connectivity index (χ2n) is 4.62. The van der Waals surface area contributed by atoms with Crippen LogP contribution in [-0.4, -0.2) is 11.6 Å². The molecule has 0 bridgehead atoms. The second kappa shape index (κ2) is 5.44. The lowest BCUT2D eigenvalue weighted by molar-refractivity contribution is -0.110. The van der Waals surface area contributed by atoms with Gasteiger partial charge >= 0.3 is 0 Å². The maximum atomic E-state index is 12.2. The van der Waals surface area contributed by atoms with Crippen LogP contribution < -0.4 is 5.32 Å². The first-order chi connectivity index (χ1) is 9.97. The molecule has 0 unspecified atom stereocenters. The van der Waals surface area contributed by atoms with Crippen LogP contribution in [0.25, 0.3) is 0 Å². The zero-order valence-electron chi connectivity index (χ0n) is 10.9.